The van der Waals surface area contributed by atoms with Crippen LogP contribution >= 0.6 is 0 Å². The number of ether oxygens (including phenoxy) is 1. The molecule has 0 spiro atoms. The maximum atomic E-state index is 6.53. The Balaban J connectivity index is 1.47. The number of allylic oxidation sites excluding steroid dienone is 2. The first-order valence-electron chi connectivity index (χ1n) is 10.3. The molecule has 2 heterocycles. The first kappa shape index (κ1) is 17.6. The highest BCUT2D eigenvalue weighted by atomic mass is 16.5. The summed E-state index contributed by atoms with van der Waals surface area (Å²) in [5.41, 5.74) is 9.01. The van der Waals surface area contributed by atoms with Crippen LogP contribution in [-0.4, -0.2) is 11.2 Å². The smallest absolute Gasteiger partial charge is 0.170 e. The molecular weight excluding hydrogens is 344 g/mol. The number of hydrogen-bond donors (Lipinski definition) is 1. The van der Waals surface area contributed by atoms with Gasteiger partial charge in [-0.15, -0.1) is 0 Å². The van der Waals surface area contributed by atoms with Crippen LogP contribution in [0.2, 0.25) is 0 Å². The molecule has 0 amide bonds. The van der Waals surface area contributed by atoms with E-state index in [0.29, 0.717) is 5.92 Å². The molecule has 3 heteroatoms. The highest BCUT2D eigenvalue weighted by Crippen LogP contribution is 2.48. The fourth-order valence-corrected chi connectivity index (χ4v) is 4.78. The molecule has 2 aromatic carbocycles. The van der Waals surface area contributed by atoms with Crippen molar-refractivity contribution in [3.05, 3.63) is 83.4 Å². The lowest BCUT2D eigenvalue weighted by molar-refractivity contribution is -0.0506. The van der Waals surface area contributed by atoms with E-state index in [2.05, 4.69) is 98.0 Å². The van der Waals surface area contributed by atoms with Crippen molar-refractivity contribution in [2.45, 2.75) is 45.9 Å². The second-order valence-electron chi connectivity index (χ2n) is 8.80. The zero-order valence-electron chi connectivity index (χ0n) is 16.9. The topological polar surface area (TPSA) is 24.5 Å². The van der Waals surface area contributed by atoms with E-state index in [9.17, 15) is 0 Å². The van der Waals surface area contributed by atoms with Crippen LogP contribution < -0.4 is 10.2 Å². The van der Waals surface area contributed by atoms with Gasteiger partial charge in [0.15, 0.2) is 6.23 Å². The van der Waals surface area contributed by atoms with Gasteiger partial charge in [0.05, 0.1) is 11.7 Å². The minimum atomic E-state index is 0.0148. The molecule has 3 aliphatic rings. The number of rotatable bonds is 3. The van der Waals surface area contributed by atoms with Gasteiger partial charge in [-0.3, -0.25) is 0 Å². The molecular formula is C25H28N2O. The number of fused-ring (bicyclic) bond motifs is 3. The average molecular weight is 373 g/mol. The van der Waals surface area contributed by atoms with Crippen LogP contribution in [-0.2, 0) is 0 Å². The van der Waals surface area contributed by atoms with Gasteiger partial charge in [-0.25, -0.2) is 0 Å². The molecule has 2 aliphatic heterocycles. The van der Waals surface area contributed by atoms with E-state index in [0.717, 1.165) is 24.3 Å². The van der Waals surface area contributed by atoms with Crippen molar-refractivity contribution in [3.63, 3.8) is 0 Å². The summed E-state index contributed by atoms with van der Waals surface area (Å²) in [5, 5.41) is 2.31. The highest BCUT2D eigenvalue weighted by Gasteiger charge is 2.43. The Bertz CT molecular complexity index is 944. The van der Waals surface area contributed by atoms with Crippen LogP contribution in [0, 0.1) is 11.3 Å². The van der Waals surface area contributed by atoms with Crippen molar-refractivity contribution in [2.75, 3.05) is 0 Å². The Labute approximate surface area is 167 Å². The minimum absolute atomic E-state index is 0.0148. The van der Waals surface area contributed by atoms with Crippen molar-refractivity contribution in [1.29, 1.82) is 0 Å². The molecule has 1 N–H and O–H groups in total. The van der Waals surface area contributed by atoms with Gasteiger partial charge in [0.25, 0.3) is 0 Å². The standard InChI is InChI=1S/C25H28N2O/c1-17-13-14-19(25(17,2)3)15-24-27-22(20-11-7-8-12-23(20)28-24)16-21(26-27)18-9-5-4-6-10-18/h4-13,16,19,22,24,26H,14-15H2,1-3H3/t19-,22-,24+/m1/s1. The Morgan fingerprint density at radius 1 is 1.07 bits per heavy atom. The minimum Gasteiger partial charge on any atom is -0.473 e. The molecule has 0 saturated carbocycles. The quantitative estimate of drug-likeness (QED) is 0.701. The summed E-state index contributed by atoms with van der Waals surface area (Å²) >= 11 is 0. The number of benzene rings is 2. The molecule has 28 heavy (non-hydrogen) atoms. The van der Waals surface area contributed by atoms with E-state index >= 15 is 0 Å². The van der Waals surface area contributed by atoms with Gasteiger partial charge in [0.2, 0.25) is 0 Å². The van der Waals surface area contributed by atoms with Gasteiger partial charge in [-0.2, -0.15) is 5.01 Å². The summed E-state index contributed by atoms with van der Waals surface area (Å²) in [6.45, 7) is 7.01. The van der Waals surface area contributed by atoms with Gasteiger partial charge >= 0.3 is 0 Å². The predicted octanol–water partition coefficient (Wildman–Crippen LogP) is 5.69. The molecule has 0 aromatic heterocycles. The van der Waals surface area contributed by atoms with Crippen molar-refractivity contribution >= 4 is 5.70 Å². The summed E-state index contributed by atoms with van der Waals surface area (Å²) in [4.78, 5) is 0. The van der Waals surface area contributed by atoms with Gasteiger partial charge in [0, 0.05) is 12.0 Å². The fraction of sp³-hybridized carbons (Fsp3) is 0.360. The van der Waals surface area contributed by atoms with Gasteiger partial charge < -0.3 is 10.2 Å². The van der Waals surface area contributed by atoms with E-state index in [4.69, 9.17) is 4.74 Å². The molecule has 1 aliphatic carbocycles. The molecule has 0 fully saturated rings. The summed E-state index contributed by atoms with van der Waals surface area (Å²) in [7, 11) is 0. The van der Waals surface area contributed by atoms with Crippen molar-refractivity contribution in [2.24, 2.45) is 11.3 Å². The molecule has 144 valence electrons. The summed E-state index contributed by atoms with van der Waals surface area (Å²) in [6, 6.07) is 19.2. The lowest BCUT2D eigenvalue weighted by Gasteiger charge is -2.41. The molecule has 0 radical (unpaired) electrons. The summed E-state index contributed by atoms with van der Waals surface area (Å²) in [5.74, 6) is 1.60. The molecule has 3 nitrogen and oxygen atoms in total. The molecule has 0 unspecified atom stereocenters. The van der Waals surface area contributed by atoms with E-state index in [1.165, 1.54) is 16.7 Å². The first-order chi connectivity index (χ1) is 13.5. The molecule has 5 rings (SSSR count). The first-order valence-corrected chi connectivity index (χ1v) is 10.3. The molecule has 3 atom stereocenters. The van der Waals surface area contributed by atoms with Crippen molar-refractivity contribution in [3.8, 4) is 5.75 Å². The van der Waals surface area contributed by atoms with Crippen LogP contribution in [0.4, 0.5) is 0 Å². The largest absolute Gasteiger partial charge is 0.473 e. The predicted molar refractivity (Wildman–Crippen MR) is 113 cm³/mol. The van der Waals surface area contributed by atoms with E-state index in [1.54, 1.807) is 0 Å². The monoisotopic (exact) mass is 372 g/mol. The Morgan fingerprint density at radius 3 is 2.57 bits per heavy atom. The second-order valence-corrected chi connectivity index (χ2v) is 8.80. The van der Waals surface area contributed by atoms with Gasteiger partial charge in [0.1, 0.15) is 5.75 Å². The third-order valence-electron chi connectivity index (χ3n) is 7.00. The van der Waals surface area contributed by atoms with E-state index < -0.39 is 0 Å². The molecule has 0 saturated heterocycles. The van der Waals surface area contributed by atoms with E-state index in [-0.39, 0.29) is 17.7 Å². The Morgan fingerprint density at radius 2 is 1.82 bits per heavy atom. The maximum absolute atomic E-state index is 6.53. The summed E-state index contributed by atoms with van der Waals surface area (Å²) in [6.07, 6.45) is 6.91. The zero-order valence-corrected chi connectivity index (χ0v) is 16.9. The van der Waals surface area contributed by atoms with Gasteiger partial charge in [-0.05, 0) is 42.4 Å². The second kappa shape index (κ2) is 6.52. The molecule has 0 bridgehead atoms. The summed E-state index contributed by atoms with van der Waals surface area (Å²) < 4.78 is 6.53. The zero-order chi connectivity index (χ0) is 19.3. The Hall–Kier alpha value is -2.52. The van der Waals surface area contributed by atoms with E-state index in [1.807, 2.05) is 0 Å². The fourth-order valence-electron chi connectivity index (χ4n) is 4.78. The lowest BCUT2D eigenvalue weighted by atomic mass is 9.75. The van der Waals surface area contributed by atoms with Crippen molar-refractivity contribution < 1.29 is 4.74 Å². The Kier molecular flexibility index (Phi) is 4.09. The van der Waals surface area contributed by atoms with Crippen LogP contribution in [0.3, 0.4) is 0 Å². The average Bonchev–Trinajstić information content (AvgIpc) is 3.26. The maximum Gasteiger partial charge on any atom is 0.170 e. The third kappa shape index (κ3) is 2.77. The SMILES string of the molecule is CC1=CC[C@H](C[C@@H]2Oc3ccccc3[C@H]3C=C(c4ccccc4)NN23)C1(C)C. The van der Waals surface area contributed by atoms with Gasteiger partial charge in [-0.1, -0.05) is 74.0 Å². The van der Waals surface area contributed by atoms with Crippen molar-refractivity contribution in [1.82, 2.24) is 10.4 Å². The van der Waals surface area contributed by atoms with Crippen LogP contribution in [0.15, 0.2) is 72.3 Å². The van der Waals surface area contributed by atoms with Crippen LogP contribution in [0.1, 0.15) is 50.8 Å². The number of hydrazine groups is 1. The third-order valence-corrected chi connectivity index (χ3v) is 7.00. The highest BCUT2D eigenvalue weighted by molar-refractivity contribution is 5.67. The normalized spacial score (nSPS) is 27.9. The number of hydrogen-bond acceptors (Lipinski definition) is 3. The lowest BCUT2D eigenvalue weighted by Crippen LogP contribution is -2.50. The van der Waals surface area contributed by atoms with Crippen LogP contribution in [0.5, 0.6) is 5.75 Å². The number of para-hydroxylation sites is 1. The number of nitrogens with one attached hydrogen (secondary N) is 1. The van der Waals surface area contributed by atoms with Crippen LogP contribution in [0.25, 0.3) is 5.70 Å². The number of nitrogens with zero attached hydrogens (tertiary/aromatic N) is 1. The molecule has 2 aromatic rings.